The highest BCUT2D eigenvalue weighted by Gasteiger charge is 2.32. The Morgan fingerprint density at radius 3 is 2.51 bits per heavy atom. The molecule has 8 nitrogen and oxygen atoms in total. The number of morpholine rings is 1. The van der Waals surface area contributed by atoms with Crippen molar-refractivity contribution in [2.45, 2.75) is 39.8 Å². The number of carboxylic acids is 1. The smallest absolute Gasteiger partial charge is 0.306 e. The molecule has 2 aliphatic rings. The molecule has 1 N–H and O–H groups in total. The zero-order valence-corrected chi connectivity index (χ0v) is 23.2. The molecule has 1 saturated heterocycles. The number of aryl methyl sites for hydroxylation is 2. The van der Waals surface area contributed by atoms with Crippen molar-refractivity contribution in [3.8, 4) is 16.1 Å². The molecule has 2 aromatic heterocycles. The van der Waals surface area contributed by atoms with Gasteiger partial charge in [-0.2, -0.15) is 0 Å². The van der Waals surface area contributed by atoms with Crippen LogP contribution in [0, 0.1) is 20.8 Å². The number of nitrogens with zero attached hydrogens (tertiary/aromatic N) is 5. The van der Waals surface area contributed by atoms with Crippen molar-refractivity contribution >= 4 is 23.0 Å². The van der Waals surface area contributed by atoms with Gasteiger partial charge in [0.1, 0.15) is 16.9 Å². The van der Waals surface area contributed by atoms with Crippen LogP contribution in [-0.4, -0.2) is 62.8 Å². The number of thiophene rings is 1. The number of aromatic nitrogens is 3. The predicted octanol–water partition coefficient (Wildman–Crippen LogP) is 5.12. The van der Waals surface area contributed by atoms with E-state index in [0.29, 0.717) is 5.82 Å². The van der Waals surface area contributed by atoms with Crippen molar-refractivity contribution in [2.75, 3.05) is 26.3 Å². The summed E-state index contributed by atoms with van der Waals surface area (Å²) in [6, 6.07) is 16.5. The van der Waals surface area contributed by atoms with Crippen LogP contribution < -0.4 is 0 Å². The van der Waals surface area contributed by atoms with E-state index in [0.717, 1.165) is 71.6 Å². The third-order valence-corrected chi connectivity index (χ3v) is 8.73. The number of aliphatic imine (C=N–C) groups is 1. The normalized spacial score (nSPS) is 17.3. The first-order valence-electron chi connectivity index (χ1n) is 13.2. The molecule has 39 heavy (non-hydrogen) atoms. The molecule has 0 unspecified atom stereocenters. The zero-order chi connectivity index (χ0) is 27.1. The summed E-state index contributed by atoms with van der Waals surface area (Å²) in [6.45, 7) is 10.5. The Kier molecular flexibility index (Phi) is 6.88. The SMILES string of the molecule is Cc1sc2c(c1C)C(c1ccc(-c3cccc(CN4CCOCC4)c3)cc1)=N[C@@H](CC(=O)O)c1nnc(C)n1-2. The van der Waals surface area contributed by atoms with Crippen molar-refractivity contribution in [3.05, 3.63) is 87.3 Å². The molecule has 0 saturated carbocycles. The van der Waals surface area contributed by atoms with Crippen LogP contribution in [0.3, 0.4) is 0 Å². The maximum Gasteiger partial charge on any atom is 0.306 e. The van der Waals surface area contributed by atoms with Gasteiger partial charge in [0.05, 0.1) is 25.3 Å². The number of fused-ring (bicyclic) bond motifs is 3. The minimum atomic E-state index is -0.916. The number of rotatable bonds is 6. The van der Waals surface area contributed by atoms with Gasteiger partial charge in [0, 0.05) is 35.6 Å². The Morgan fingerprint density at radius 2 is 1.77 bits per heavy atom. The summed E-state index contributed by atoms with van der Waals surface area (Å²) in [5.41, 5.74) is 7.51. The molecule has 4 heterocycles. The molecular weight excluding hydrogens is 510 g/mol. The summed E-state index contributed by atoms with van der Waals surface area (Å²) in [5.74, 6) is 0.383. The highest BCUT2D eigenvalue weighted by Crippen LogP contribution is 2.39. The first-order valence-corrected chi connectivity index (χ1v) is 14.0. The maximum absolute atomic E-state index is 11.8. The lowest BCUT2D eigenvalue weighted by atomic mass is 9.96. The number of benzene rings is 2. The number of ether oxygens (including phenoxy) is 1. The first-order chi connectivity index (χ1) is 18.9. The van der Waals surface area contributed by atoms with E-state index >= 15 is 0 Å². The highest BCUT2D eigenvalue weighted by molar-refractivity contribution is 7.15. The van der Waals surface area contributed by atoms with Gasteiger partial charge in [-0.15, -0.1) is 21.5 Å². The average molecular weight is 542 g/mol. The Balaban J connectivity index is 1.37. The van der Waals surface area contributed by atoms with Crippen molar-refractivity contribution in [1.82, 2.24) is 19.7 Å². The third kappa shape index (κ3) is 4.93. The second kappa shape index (κ2) is 10.5. The van der Waals surface area contributed by atoms with Crippen LogP contribution in [0.2, 0.25) is 0 Å². The van der Waals surface area contributed by atoms with Crippen molar-refractivity contribution in [2.24, 2.45) is 4.99 Å². The van der Waals surface area contributed by atoms with Gasteiger partial charge in [0.2, 0.25) is 0 Å². The van der Waals surface area contributed by atoms with Crippen molar-refractivity contribution in [1.29, 1.82) is 0 Å². The Bertz CT molecular complexity index is 1560. The molecule has 2 aliphatic heterocycles. The van der Waals surface area contributed by atoms with Gasteiger partial charge in [0.15, 0.2) is 5.82 Å². The fourth-order valence-electron chi connectivity index (χ4n) is 5.38. The highest BCUT2D eigenvalue weighted by atomic mass is 32.1. The van der Waals surface area contributed by atoms with Gasteiger partial charge >= 0.3 is 5.97 Å². The Morgan fingerprint density at radius 1 is 1.03 bits per heavy atom. The van der Waals surface area contributed by atoms with E-state index in [-0.39, 0.29) is 6.42 Å². The molecule has 1 fully saturated rings. The molecule has 0 aliphatic carbocycles. The van der Waals surface area contributed by atoms with E-state index in [9.17, 15) is 9.90 Å². The van der Waals surface area contributed by atoms with Gasteiger partial charge in [-0.25, -0.2) is 0 Å². The molecule has 4 aromatic rings. The van der Waals surface area contributed by atoms with Gasteiger partial charge in [-0.05, 0) is 49.1 Å². The van der Waals surface area contributed by atoms with E-state index < -0.39 is 12.0 Å². The molecule has 6 rings (SSSR count). The molecular formula is C30H31N5O3S. The molecule has 0 radical (unpaired) electrons. The second-order valence-corrected chi connectivity index (χ2v) is 11.4. The minimum absolute atomic E-state index is 0.150. The van der Waals surface area contributed by atoms with Crippen LogP contribution in [0.25, 0.3) is 16.1 Å². The quantitative estimate of drug-likeness (QED) is 0.364. The number of hydrogen-bond acceptors (Lipinski definition) is 7. The lowest BCUT2D eigenvalue weighted by molar-refractivity contribution is -0.137. The summed E-state index contributed by atoms with van der Waals surface area (Å²) in [7, 11) is 0. The van der Waals surface area contributed by atoms with Crippen molar-refractivity contribution < 1.29 is 14.6 Å². The van der Waals surface area contributed by atoms with E-state index in [1.807, 2.05) is 11.5 Å². The molecule has 9 heteroatoms. The van der Waals surface area contributed by atoms with Crippen LogP contribution in [0.1, 0.15) is 51.2 Å². The van der Waals surface area contributed by atoms with E-state index in [1.165, 1.54) is 16.0 Å². The summed E-state index contributed by atoms with van der Waals surface area (Å²) in [4.78, 5) is 20.5. The number of aliphatic carboxylic acids is 1. The molecule has 2 aromatic carbocycles. The zero-order valence-electron chi connectivity index (χ0n) is 22.3. The number of carboxylic acid groups (broad SMARTS) is 1. The monoisotopic (exact) mass is 541 g/mol. The van der Waals surface area contributed by atoms with Gasteiger partial charge < -0.3 is 9.84 Å². The van der Waals surface area contributed by atoms with Gasteiger partial charge in [-0.1, -0.05) is 42.5 Å². The summed E-state index contributed by atoms with van der Waals surface area (Å²) < 4.78 is 7.47. The van der Waals surface area contributed by atoms with E-state index in [2.05, 4.69) is 77.5 Å². The minimum Gasteiger partial charge on any atom is -0.481 e. The molecule has 1 atom stereocenters. The lowest BCUT2D eigenvalue weighted by Gasteiger charge is -2.26. The van der Waals surface area contributed by atoms with Crippen molar-refractivity contribution in [3.63, 3.8) is 0 Å². The van der Waals surface area contributed by atoms with Crippen LogP contribution in [-0.2, 0) is 16.1 Å². The first kappa shape index (κ1) is 25.6. The number of carbonyl (C=O) groups is 1. The average Bonchev–Trinajstić information content (AvgIpc) is 3.41. The van der Waals surface area contributed by atoms with Crippen LogP contribution in [0.5, 0.6) is 0 Å². The molecule has 0 bridgehead atoms. The fourth-order valence-corrected chi connectivity index (χ4v) is 6.59. The summed E-state index contributed by atoms with van der Waals surface area (Å²) in [6.07, 6.45) is -0.150. The maximum atomic E-state index is 11.8. The predicted molar refractivity (Wildman–Crippen MR) is 152 cm³/mol. The van der Waals surface area contributed by atoms with Gasteiger partial charge in [-0.3, -0.25) is 19.3 Å². The molecule has 0 amide bonds. The van der Waals surface area contributed by atoms with Crippen LogP contribution >= 0.6 is 11.3 Å². The summed E-state index contributed by atoms with van der Waals surface area (Å²) >= 11 is 1.67. The standard InChI is InChI=1S/C30H31N5O3S/c1-18-19(2)39-30-27(18)28(31-25(16-26(36)37)29-33-32-20(3)35(29)30)23-9-7-22(8-10-23)24-6-4-5-21(15-24)17-34-11-13-38-14-12-34/h4-10,15,25H,11-14,16-17H2,1-3H3,(H,36,37)/t25-/m0/s1. The van der Waals surface area contributed by atoms with E-state index in [1.54, 1.807) is 11.3 Å². The van der Waals surface area contributed by atoms with Crippen LogP contribution in [0.15, 0.2) is 53.5 Å². The fraction of sp³-hybridized carbons (Fsp3) is 0.333. The summed E-state index contributed by atoms with van der Waals surface area (Å²) in [5, 5.41) is 19.3. The largest absolute Gasteiger partial charge is 0.481 e. The Hall–Kier alpha value is -3.66. The molecule has 0 spiro atoms. The second-order valence-electron chi connectivity index (χ2n) is 10.2. The number of hydrogen-bond donors (Lipinski definition) is 1. The van der Waals surface area contributed by atoms with Gasteiger partial charge in [0.25, 0.3) is 0 Å². The van der Waals surface area contributed by atoms with E-state index in [4.69, 9.17) is 9.73 Å². The third-order valence-electron chi connectivity index (χ3n) is 7.54. The van der Waals surface area contributed by atoms with Crippen LogP contribution in [0.4, 0.5) is 0 Å². The molecule has 200 valence electrons. The Labute approximate surface area is 231 Å². The lowest BCUT2D eigenvalue weighted by Crippen LogP contribution is -2.35. The topological polar surface area (TPSA) is 92.8 Å².